The van der Waals surface area contributed by atoms with Crippen molar-refractivity contribution in [2.75, 3.05) is 26.2 Å². The Hall–Kier alpha value is -0.340. The summed E-state index contributed by atoms with van der Waals surface area (Å²) in [6, 6.07) is 0. The fourth-order valence-corrected chi connectivity index (χ4v) is 1.48. The van der Waals surface area contributed by atoms with Gasteiger partial charge in [-0.05, 0) is 53.2 Å². The number of nitrogens with zero attached hydrogens (tertiary/aromatic N) is 1. The number of nitrogens with one attached hydrogen (secondary N) is 1. The highest BCUT2D eigenvalue weighted by Crippen LogP contribution is 2.00. The summed E-state index contributed by atoms with van der Waals surface area (Å²) in [6.45, 7) is 17.1. The van der Waals surface area contributed by atoms with Crippen LogP contribution in [0.25, 0.3) is 0 Å². The Morgan fingerprint density at radius 2 is 1.93 bits per heavy atom. The molecule has 1 N–H and O–H groups in total. The summed E-state index contributed by atoms with van der Waals surface area (Å²) in [5, 5.41) is 3.51. The van der Waals surface area contributed by atoms with E-state index in [-0.39, 0.29) is 5.54 Å². The van der Waals surface area contributed by atoms with Gasteiger partial charge in [0.05, 0.1) is 0 Å². The Labute approximate surface area is 95.7 Å². The van der Waals surface area contributed by atoms with Gasteiger partial charge in [0.25, 0.3) is 0 Å². The minimum absolute atomic E-state index is 0.256. The Kier molecular flexibility index (Phi) is 7.71. The van der Waals surface area contributed by atoms with Gasteiger partial charge in [0, 0.05) is 12.1 Å². The van der Waals surface area contributed by atoms with E-state index in [1.807, 2.05) is 6.08 Å². The van der Waals surface area contributed by atoms with E-state index in [4.69, 9.17) is 0 Å². The van der Waals surface area contributed by atoms with E-state index in [1.54, 1.807) is 0 Å². The minimum Gasteiger partial charge on any atom is -0.312 e. The Bertz CT molecular complexity index is 158. The number of unbranched alkanes of at least 4 members (excludes halogenated alkanes) is 1. The molecule has 0 aromatic rings. The van der Waals surface area contributed by atoms with Crippen molar-refractivity contribution < 1.29 is 0 Å². The molecule has 2 nitrogen and oxygen atoms in total. The van der Waals surface area contributed by atoms with E-state index in [2.05, 4.69) is 44.5 Å². The lowest BCUT2D eigenvalue weighted by molar-refractivity contribution is 0.307. The van der Waals surface area contributed by atoms with Crippen LogP contribution in [0.2, 0.25) is 0 Å². The number of rotatable bonds is 8. The van der Waals surface area contributed by atoms with Crippen molar-refractivity contribution in [3.05, 3.63) is 12.7 Å². The molecule has 15 heavy (non-hydrogen) atoms. The zero-order chi connectivity index (χ0) is 11.7. The van der Waals surface area contributed by atoms with E-state index < -0.39 is 0 Å². The molecule has 0 amide bonds. The lowest BCUT2D eigenvalue weighted by Crippen LogP contribution is -2.36. The van der Waals surface area contributed by atoms with Gasteiger partial charge in [-0.15, -0.1) is 6.58 Å². The monoisotopic (exact) mass is 212 g/mol. The maximum Gasteiger partial charge on any atom is 0.0160 e. The van der Waals surface area contributed by atoms with Crippen molar-refractivity contribution >= 4 is 0 Å². The molecule has 2 heteroatoms. The molecule has 0 bridgehead atoms. The van der Waals surface area contributed by atoms with Crippen LogP contribution in [0.4, 0.5) is 0 Å². The smallest absolute Gasteiger partial charge is 0.0160 e. The summed E-state index contributed by atoms with van der Waals surface area (Å²) in [5.41, 5.74) is 0.256. The molecule has 0 atom stereocenters. The van der Waals surface area contributed by atoms with Crippen LogP contribution in [-0.4, -0.2) is 36.6 Å². The third kappa shape index (κ3) is 9.95. The fourth-order valence-electron chi connectivity index (χ4n) is 1.48. The molecule has 0 saturated carbocycles. The first-order valence-corrected chi connectivity index (χ1v) is 6.08. The second-order valence-corrected chi connectivity index (χ2v) is 5.07. The summed E-state index contributed by atoms with van der Waals surface area (Å²) in [5.74, 6) is 0. The first-order valence-electron chi connectivity index (χ1n) is 6.08. The molecule has 0 aliphatic heterocycles. The fraction of sp³-hybridized carbons (Fsp3) is 0.846. The second-order valence-electron chi connectivity index (χ2n) is 5.07. The van der Waals surface area contributed by atoms with Crippen molar-refractivity contribution in [3.8, 4) is 0 Å². The van der Waals surface area contributed by atoms with Gasteiger partial charge in [-0.2, -0.15) is 0 Å². The van der Waals surface area contributed by atoms with Crippen molar-refractivity contribution in [2.24, 2.45) is 0 Å². The molecule has 0 aromatic heterocycles. The highest BCUT2D eigenvalue weighted by atomic mass is 15.1. The van der Waals surface area contributed by atoms with Gasteiger partial charge in [-0.25, -0.2) is 0 Å². The van der Waals surface area contributed by atoms with E-state index in [1.165, 1.54) is 19.4 Å². The molecule has 0 heterocycles. The van der Waals surface area contributed by atoms with Gasteiger partial charge < -0.3 is 5.32 Å². The van der Waals surface area contributed by atoms with E-state index >= 15 is 0 Å². The van der Waals surface area contributed by atoms with Crippen LogP contribution >= 0.6 is 0 Å². The van der Waals surface area contributed by atoms with Crippen LogP contribution in [0.5, 0.6) is 0 Å². The minimum atomic E-state index is 0.256. The molecule has 0 unspecified atom stereocenters. The molecular formula is C13H28N2. The maximum atomic E-state index is 3.77. The average Bonchev–Trinajstić information content (AvgIpc) is 2.14. The SMILES string of the molecule is C=CCN(CC)CCCCNC(C)(C)C. The summed E-state index contributed by atoms with van der Waals surface area (Å²) in [4.78, 5) is 2.42. The predicted octanol–water partition coefficient (Wildman–Crippen LogP) is 2.66. The van der Waals surface area contributed by atoms with E-state index in [0.717, 1.165) is 19.6 Å². The van der Waals surface area contributed by atoms with Crippen LogP contribution in [0.1, 0.15) is 40.5 Å². The van der Waals surface area contributed by atoms with Crippen molar-refractivity contribution in [1.29, 1.82) is 0 Å². The Morgan fingerprint density at radius 3 is 2.40 bits per heavy atom. The Balaban J connectivity index is 3.40. The van der Waals surface area contributed by atoms with Crippen LogP contribution in [-0.2, 0) is 0 Å². The first kappa shape index (κ1) is 14.7. The maximum absolute atomic E-state index is 3.77. The number of hydrogen-bond acceptors (Lipinski definition) is 2. The normalized spacial score (nSPS) is 12.1. The molecule has 0 spiro atoms. The average molecular weight is 212 g/mol. The number of hydrogen-bond donors (Lipinski definition) is 1. The van der Waals surface area contributed by atoms with E-state index in [0.29, 0.717) is 0 Å². The summed E-state index contributed by atoms with van der Waals surface area (Å²) in [7, 11) is 0. The standard InChI is InChI=1S/C13H28N2/c1-6-11-15(7-2)12-9-8-10-14-13(3,4)5/h6,14H,1,7-12H2,2-5H3. The molecular weight excluding hydrogens is 184 g/mol. The summed E-state index contributed by atoms with van der Waals surface area (Å²) < 4.78 is 0. The van der Waals surface area contributed by atoms with Gasteiger partial charge in [-0.3, -0.25) is 4.90 Å². The zero-order valence-electron chi connectivity index (χ0n) is 11.0. The summed E-state index contributed by atoms with van der Waals surface area (Å²) >= 11 is 0. The molecule has 0 fully saturated rings. The molecule has 0 aliphatic rings. The van der Waals surface area contributed by atoms with E-state index in [9.17, 15) is 0 Å². The van der Waals surface area contributed by atoms with Crippen molar-refractivity contribution in [2.45, 2.75) is 46.1 Å². The quantitative estimate of drug-likeness (QED) is 0.491. The van der Waals surface area contributed by atoms with Crippen LogP contribution in [0, 0.1) is 0 Å². The third-order valence-electron chi connectivity index (χ3n) is 2.39. The van der Waals surface area contributed by atoms with Gasteiger partial charge in [0.2, 0.25) is 0 Å². The zero-order valence-corrected chi connectivity index (χ0v) is 11.0. The van der Waals surface area contributed by atoms with Crippen molar-refractivity contribution in [3.63, 3.8) is 0 Å². The van der Waals surface area contributed by atoms with Gasteiger partial charge in [0.1, 0.15) is 0 Å². The van der Waals surface area contributed by atoms with Crippen molar-refractivity contribution in [1.82, 2.24) is 10.2 Å². The van der Waals surface area contributed by atoms with Gasteiger partial charge in [-0.1, -0.05) is 13.0 Å². The highest BCUT2D eigenvalue weighted by Gasteiger charge is 2.07. The molecule has 0 radical (unpaired) electrons. The first-order chi connectivity index (χ1) is 6.99. The van der Waals surface area contributed by atoms with Gasteiger partial charge >= 0.3 is 0 Å². The lowest BCUT2D eigenvalue weighted by atomic mass is 10.1. The number of likely N-dealkylation sites (N-methyl/N-ethyl adjacent to an activating group) is 1. The van der Waals surface area contributed by atoms with Crippen LogP contribution in [0.15, 0.2) is 12.7 Å². The topological polar surface area (TPSA) is 15.3 Å². The predicted molar refractivity (Wildman–Crippen MR) is 69.3 cm³/mol. The van der Waals surface area contributed by atoms with Crippen LogP contribution in [0.3, 0.4) is 0 Å². The molecule has 0 rings (SSSR count). The highest BCUT2D eigenvalue weighted by molar-refractivity contribution is 4.73. The second kappa shape index (κ2) is 7.89. The molecule has 0 saturated heterocycles. The largest absolute Gasteiger partial charge is 0.312 e. The van der Waals surface area contributed by atoms with Gasteiger partial charge in [0.15, 0.2) is 0 Å². The summed E-state index contributed by atoms with van der Waals surface area (Å²) in [6.07, 6.45) is 4.51. The molecule has 0 aliphatic carbocycles. The Morgan fingerprint density at radius 1 is 1.27 bits per heavy atom. The molecule has 0 aromatic carbocycles. The molecule has 90 valence electrons. The third-order valence-corrected chi connectivity index (χ3v) is 2.39. The van der Waals surface area contributed by atoms with Crippen LogP contribution < -0.4 is 5.32 Å². The lowest BCUT2D eigenvalue weighted by Gasteiger charge is -2.21.